The second-order valence-corrected chi connectivity index (χ2v) is 9.43. The van der Waals surface area contributed by atoms with Gasteiger partial charge in [-0.25, -0.2) is 4.99 Å². The average Bonchev–Trinajstić information content (AvgIpc) is 3.16. The Morgan fingerprint density at radius 2 is 1.62 bits per heavy atom. The molecule has 4 aromatic carbocycles. The number of likely N-dealkylation sites (N-methyl/N-ethyl adjacent to an activating group) is 1. The van der Waals surface area contributed by atoms with E-state index < -0.39 is 5.54 Å². The number of rotatable bonds is 5. The minimum absolute atomic E-state index is 0.141. The lowest BCUT2D eigenvalue weighted by molar-refractivity contribution is -0.132. The molecule has 0 saturated heterocycles. The Bertz CT molecular complexity index is 1470. The van der Waals surface area contributed by atoms with E-state index in [1.807, 2.05) is 103 Å². The average molecular weight is 490 g/mol. The van der Waals surface area contributed by atoms with E-state index in [1.165, 1.54) is 4.90 Å². The number of amides is 1. The summed E-state index contributed by atoms with van der Waals surface area (Å²) >= 11 is 0. The quantitative estimate of drug-likeness (QED) is 0.405. The number of fused-ring (bicyclic) bond motifs is 2. The SMILES string of the molecule is CN1C(=O)C2(CC(c3ccccc3)Oc3ccc(-c4ccc(OCc5ccccc5)cc4)cc32)N=C1N. The molecule has 0 saturated carbocycles. The van der Waals surface area contributed by atoms with Crippen LogP contribution >= 0.6 is 0 Å². The Kier molecular flexibility index (Phi) is 5.64. The van der Waals surface area contributed by atoms with E-state index >= 15 is 0 Å². The van der Waals surface area contributed by atoms with Crippen molar-refractivity contribution in [3.8, 4) is 22.6 Å². The topological polar surface area (TPSA) is 77.2 Å². The molecule has 0 bridgehead atoms. The highest BCUT2D eigenvalue weighted by atomic mass is 16.5. The molecule has 2 heterocycles. The number of benzene rings is 4. The van der Waals surface area contributed by atoms with E-state index in [4.69, 9.17) is 20.2 Å². The predicted molar refractivity (Wildman–Crippen MR) is 143 cm³/mol. The van der Waals surface area contributed by atoms with E-state index in [2.05, 4.69) is 0 Å². The number of carbonyl (C=O) groups is 1. The van der Waals surface area contributed by atoms with Gasteiger partial charge in [0.2, 0.25) is 0 Å². The van der Waals surface area contributed by atoms with Gasteiger partial charge in [-0.3, -0.25) is 9.69 Å². The van der Waals surface area contributed by atoms with Gasteiger partial charge in [0.15, 0.2) is 11.5 Å². The standard InChI is InChI=1S/C31H27N3O3/c1-34-29(35)31(33-30(34)32)19-28(23-10-6-3-7-11-23)37-27-17-14-24(18-26(27)31)22-12-15-25(16-13-22)36-20-21-8-4-2-5-9-21/h2-18,28H,19-20H2,1H3,(H2,32,33). The molecule has 2 aliphatic rings. The van der Waals surface area contributed by atoms with Crippen molar-refractivity contribution in [2.24, 2.45) is 10.7 Å². The van der Waals surface area contributed by atoms with Gasteiger partial charge in [0.25, 0.3) is 5.91 Å². The summed E-state index contributed by atoms with van der Waals surface area (Å²) in [6.07, 6.45) is 0.0662. The Morgan fingerprint density at radius 3 is 2.30 bits per heavy atom. The van der Waals surface area contributed by atoms with Gasteiger partial charge in [-0.2, -0.15) is 0 Å². The van der Waals surface area contributed by atoms with Crippen LogP contribution in [0.1, 0.15) is 29.2 Å². The molecule has 0 aliphatic carbocycles. The number of hydrogen-bond acceptors (Lipinski definition) is 5. The van der Waals surface area contributed by atoms with Crippen molar-refractivity contribution in [2.45, 2.75) is 24.7 Å². The van der Waals surface area contributed by atoms with E-state index in [-0.39, 0.29) is 18.0 Å². The first-order valence-electron chi connectivity index (χ1n) is 12.3. The molecular formula is C31H27N3O3. The minimum atomic E-state index is -1.12. The fourth-order valence-corrected chi connectivity index (χ4v) is 5.06. The third-order valence-electron chi connectivity index (χ3n) is 7.09. The number of ether oxygens (including phenoxy) is 2. The van der Waals surface area contributed by atoms with Crippen LogP contribution in [0, 0.1) is 0 Å². The van der Waals surface area contributed by atoms with Gasteiger partial charge in [-0.1, -0.05) is 78.9 Å². The highest BCUT2D eigenvalue weighted by Gasteiger charge is 2.53. The maximum absolute atomic E-state index is 13.6. The second-order valence-electron chi connectivity index (χ2n) is 9.43. The molecule has 2 atom stereocenters. The summed E-state index contributed by atoms with van der Waals surface area (Å²) in [5.41, 5.74) is 9.85. The normalized spacial score (nSPS) is 20.4. The van der Waals surface area contributed by atoms with Crippen molar-refractivity contribution in [3.63, 3.8) is 0 Å². The summed E-state index contributed by atoms with van der Waals surface area (Å²) in [7, 11) is 1.67. The zero-order valence-electron chi connectivity index (χ0n) is 20.5. The van der Waals surface area contributed by atoms with Gasteiger partial charge in [0.1, 0.15) is 24.2 Å². The second kappa shape index (κ2) is 9.13. The van der Waals surface area contributed by atoms with Crippen molar-refractivity contribution in [3.05, 3.63) is 120 Å². The molecule has 0 aromatic heterocycles. The smallest absolute Gasteiger partial charge is 0.261 e. The fraction of sp³-hybridized carbons (Fsp3) is 0.161. The lowest BCUT2D eigenvalue weighted by atomic mass is 9.79. The van der Waals surface area contributed by atoms with Crippen LogP contribution in [0.4, 0.5) is 0 Å². The molecule has 184 valence electrons. The Hall–Kier alpha value is -4.58. The summed E-state index contributed by atoms with van der Waals surface area (Å²) in [4.78, 5) is 19.7. The lowest BCUT2D eigenvalue weighted by Gasteiger charge is -2.37. The third-order valence-corrected chi connectivity index (χ3v) is 7.09. The molecule has 6 rings (SSSR count). The van der Waals surface area contributed by atoms with Crippen molar-refractivity contribution in [2.75, 3.05) is 7.05 Å². The Balaban J connectivity index is 1.33. The van der Waals surface area contributed by atoms with Gasteiger partial charge in [0.05, 0.1) is 0 Å². The van der Waals surface area contributed by atoms with E-state index in [0.717, 1.165) is 33.6 Å². The number of guanidine groups is 1. The highest BCUT2D eigenvalue weighted by Crippen LogP contribution is 2.50. The molecule has 0 fully saturated rings. The maximum Gasteiger partial charge on any atom is 0.261 e. The summed E-state index contributed by atoms with van der Waals surface area (Å²) in [5, 5.41) is 0. The van der Waals surface area contributed by atoms with E-state index in [1.54, 1.807) is 7.05 Å². The van der Waals surface area contributed by atoms with Gasteiger partial charge in [-0.05, 0) is 46.5 Å². The highest BCUT2D eigenvalue weighted by molar-refractivity contribution is 6.07. The molecular weight excluding hydrogens is 462 g/mol. The number of hydrogen-bond donors (Lipinski definition) is 1. The summed E-state index contributed by atoms with van der Waals surface area (Å²) in [6, 6.07) is 33.9. The number of aliphatic imine (C=N–C) groups is 1. The van der Waals surface area contributed by atoms with Gasteiger partial charge >= 0.3 is 0 Å². The largest absolute Gasteiger partial charge is 0.489 e. The van der Waals surface area contributed by atoms with Crippen molar-refractivity contribution in [1.82, 2.24) is 4.90 Å². The molecule has 2 unspecified atom stereocenters. The maximum atomic E-state index is 13.6. The summed E-state index contributed by atoms with van der Waals surface area (Å²) in [5.74, 6) is 1.51. The van der Waals surface area contributed by atoms with Crippen LogP contribution in [0.25, 0.3) is 11.1 Å². The van der Waals surface area contributed by atoms with Crippen LogP contribution in [-0.4, -0.2) is 23.8 Å². The number of nitrogens with zero attached hydrogens (tertiary/aromatic N) is 2. The van der Waals surface area contributed by atoms with Crippen molar-refractivity contribution in [1.29, 1.82) is 0 Å². The zero-order valence-corrected chi connectivity index (χ0v) is 20.5. The molecule has 6 nitrogen and oxygen atoms in total. The van der Waals surface area contributed by atoms with Gasteiger partial charge < -0.3 is 15.2 Å². The van der Waals surface area contributed by atoms with Gasteiger partial charge in [-0.15, -0.1) is 0 Å². The van der Waals surface area contributed by atoms with Crippen LogP contribution in [0.15, 0.2) is 108 Å². The monoisotopic (exact) mass is 489 g/mol. The van der Waals surface area contributed by atoms with E-state index in [0.29, 0.717) is 18.8 Å². The fourth-order valence-electron chi connectivity index (χ4n) is 5.06. The first-order valence-corrected chi connectivity index (χ1v) is 12.3. The van der Waals surface area contributed by atoms with Crippen molar-refractivity contribution < 1.29 is 14.3 Å². The van der Waals surface area contributed by atoms with Crippen LogP contribution in [0.2, 0.25) is 0 Å². The summed E-state index contributed by atoms with van der Waals surface area (Å²) in [6.45, 7) is 0.510. The van der Waals surface area contributed by atoms with Crippen LogP contribution < -0.4 is 15.2 Å². The molecule has 6 heteroatoms. The predicted octanol–water partition coefficient (Wildman–Crippen LogP) is 5.44. The summed E-state index contributed by atoms with van der Waals surface area (Å²) < 4.78 is 12.3. The first kappa shape index (κ1) is 22.9. The van der Waals surface area contributed by atoms with Gasteiger partial charge in [0, 0.05) is 19.0 Å². The van der Waals surface area contributed by atoms with Crippen LogP contribution in [-0.2, 0) is 16.9 Å². The minimum Gasteiger partial charge on any atom is -0.489 e. The third kappa shape index (κ3) is 4.10. The Morgan fingerprint density at radius 1 is 0.946 bits per heavy atom. The lowest BCUT2D eigenvalue weighted by Crippen LogP contribution is -2.43. The van der Waals surface area contributed by atoms with Crippen molar-refractivity contribution >= 4 is 11.9 Å². The molecule has 0 radical (unpaired) electrons. The number of carbonyl (C=O) groups excluding carboxylic acids is 1. The van der Waals surface area contributed by atoms with E-state index in [9.17, 15) is 4.79 Å². The first-order chi connectivity index (χ1) is 18.0. The Labute approximate surface area is 216 Å². The van der Waals surface area contributed by atoms with Crippen LogP contribution in [0.3, 0.4) is 0 Å². The molecule has 1 amide bonds. The molecule has 2 aliphatic heterocycles. The molecule has 4 aromatic rings. The molecule has 37 heavy (non-hydrogen) atoms. The molecule has 2 N–H and O–H groups in total. The zero-order chi connectivity index (χ0) is 25.4. The molecule has 1 spiro atoms. The number of nitrogens with two attached hydrogens (primary N) is 1. The van der Waals surface area contributed by atoms with Crippen LogP contribution in [0.5, 0.6) is 11.5 Å².